The molecule has 0 saturated carbocycles. The van der Waals surface area contributed by atoms with E-state index in [4.69, 9.17) is 4.74 Å². The first-order chi connectivity index (χ1) is 16.3. The Labute approximate surface area is 204 Å². The lowest BCUT2D eigenvalue weighted by molar-refractivity contribution is 0.410. The van der Waals surface area contributed by atoms with Crippen LogP contribution in [-0.4, -0.2) is 7.11 Å². The molecule has 0 saturated heterocycles. The number of ether oxygens (including phenoxy) is 1. The minimum atomic E-state index is -0.366. The number of hydrogen-bond acceptors (Lipinski definition) is 1. The lowest BCUT2D eigenvalue weighted by Crippen LogP contribution is -2.29. The molecule has 0 bridgehead atoms. The Morgan fingerprint density at radius 2 is 1.21 bits per heavy atom. The summed E-state index contributed by atoms with van der Waals surface area (Å²) in [5.74, 6) is 0.926. The lowest BCUT2D eigenvalue weighted by atomic mass is 9.67. The summed E-state index contributed by atoms with van der Waals surface area (Å²) in [6, 6.07) is 31.7. The zero-order chi connectivity index (χ0) is 24.1. The van der Waals surface area contributed by atoms with Crippen LogP contribution in [0.1, 0.15) is 59.7 Å². The zero-order valence-electron chi connectivity index (χ0n) is 21.2. The summed E-state index contributed by atoms with van der Waals surface area (Å²) in [6.07, 6.45) is 1.07. The highest BCUT2D eigenvalue weighted by atomic mass is 16.5. The molecule has 0 N–H and O–H groups in total. The van der Waals surface area contributed by atoms with Crippen LogP contribution in [0.15, 0.2) is 84.9 Å². The van der Waals surface area contributed by atoms with E-state index in [1.165, 1.54) is 44.5 Å². The van der Waals surface area contributed by atoms with Gasteiger partial charge in [0.05, 0.1) is 12.5 Å². The van der Waals surface area contributed by atoms with Crippen molar-refractivity contribution in [1.29, 1.82) is 0 Å². The largest absolute Gasteiger partial charge is 0.496 e. The van der Waals surface area contributed by atoms with E-state index in [-0.39, 0.29) is 10.8 Å². The van der Waals surface area contributed by atoms with Crippen molar-refractivity contribution in [3.05, 3.63) is 124 Å². The standard InChI is InChI=1S/C33H34O/c1-22-19-25(16-15-24(22)21-32(3,4)5)33(26-17-18-31(34-6)23(2)20-26)29-13-9-7-11-27(29)28-12-8-10-14-30(28)33/h7-20H,21H2,1-6H3. The monoisotopic (exact) mass is 446 g/mol. The lowest BCUT2D eigenvalue weighted by Gasteiger charge is -2.35. The van der Waals surface area contributed by atoms with Crippen molar-refractivity contribution < 1.29 is 4.74 Å². The predicted molar refractivity (Wildman–Crippen MR) is 143 cm³/mol. The van der Waals surface area contributed by atoms with Gasteiger partial charge in [-0.2, -0.15) is 0 Å². The van der Waals surface area contributed by atoms with Crippen molar-refractivity contribution in [2.75, 3.05) is 7.11 Å². The summed E-state index contributed by atoms with van der Waals surface area (Å²) in [4.78, 5) is 0. The van der Waals surface area contributed by atoms with Gasteiger partial charge in [-0.1, -0.05) is 99.6 Å². The van der Waals surface area contributed by atoms with Gasteiger partial charge in [-0.05, 0) is 81.8 Å². The van der Waals surface area contributed by atoms with E-state index < -0.39 is 0 Å². The Morgan fingerprint density at radius 3 is 1.71 bits per heavy atom. The molecule has 0 heterocycles. The number of fused-ring (bicyclic) bond motifs is 3. The normalized spacial score (nSPS) is 13.9. The molecule has 0 unspecified atom stereocenters. The predicted octanol–water partition coefficient (Wildman–Crippen LogP) is 8.26. The molecule has 0 amide bonds. The van der Waals surface area contributed by atoms with E-state index in [1.54, 1.807) is 7.11 Å². The Balaban J connectivity index is 1.84. The van der Waals surface area contributed by atoms with Gasteiger partial charge in [-0.3, -0.25) is 0 Å². The van der Waals surface area contributed by atoms with Crippen LogP contribution in [0.5, 0.6) is 5.75 Å². The number of methoxy groups -OCH3 is 1. The van der Waals surface area contributed by atoms with Crippen molar-refractivity contribution in [2.24, 2.45) is 5.41 Å². The molecule has 5 rings (SSSR count). The Hall–Kier alpha value is -3.32. The maximum absolute atomic E-state index is 5.62. The van der Waals surface area contributed by atoms with Gasteiger partial charge < -0.3 is 4.74 Å². The highest BCUT2D eigenvalue weighted by Crippen LogP contribution is 2.56. The number of benzene rings is 4. The molecule has 172 valence electrons. The average molecular weight is 447 g/mol. The van der Waals surface area contributed by atoms with Gasteiger partial charge in [0.2, 0.25) is 0 Å². The molecule has 1 nitrogen and oxygen atoms in total. The fourth-order valence-electron chi connectivity index (χ4n) is 5.83. The Kier molecular flexibility index (Phi) is 5.40. The number of hydrogen-bond donors (Lipinski definition) is 0. The van der Waals surface area contributed by atoms with E-state index in [0.29, 0.717) is 0 Å². The highest BCUT2D eigenvalue weighted by molar-refractivity contribution is 5.86. The summed E-state index contributed by atoms with van der Waals surface area (Å²) in [6.45, 7) is 11.3. The fraction of sp³-hybridized carbons (Fsp3) is 0.273. The van der Waals surface area contributed by atoms with Gasteiger partial charge >= 0.3 is 0 Å². The summed E-state index contributed by atoms with van der Waals surface area (Å²) in [5.41, 5.74) is 11.8. The third kappa shape index (κ3) is 3.46. The molecule has 1 aliphatic carbocycles. The second-order valence-electron chi connectivity index (χ2n) is 10.9. The van der Waals surface area contributed by atoms with Crippen molar-refractivity contribution in [1.82, 2.24) is 0 Å². The van der Waals surface area contributed by atoms with Crippen LogP contribution in [0.2, 0.25) is 0 Å². The molecular formula is C33H34O. The molecule has 1 heteroatoms. The molecular weight excluding hydrogens is 412 g/mol. The van der Waals surface area contributed by atoms with Crippen LogP contribution >= 0.6 is 0 Å². The SMILES string of the molecule is COc1ccc(C2(c3ccc(CC(C)(C)C)c(C)c3)c3ccccc3-c3ccccc32)cc1C. The molecule has 4 aromatic rings. The van der Waals surface area contributed by atoms with Crippen molar-refractivity contribution >= 4 is 0 Å². The maximum atomic E-state index is 5.62. The van der Waals surface area contributed by atoms with Gasteiger partial charge in [0.15, 0.2) is 0 Å². The van der Waals surface area contributed by atoms with Crippen LogP contribution in [0.25, 0.3) is 11.1 Å². The number of aryl methyl sites for hydroxylation is 2. The van der Waals surface area contributed by atoms with Gasteiger partial charge in [0, 0.05) is 0 Å². The van der Waals surface area contributed by atoms with Crippen LogP contribution < -0.4 is 4.74 Å². The van der Waals surface area contributed by atoms with E-state index in [2.05, 4.69) is 120 Å². The zero-order valence-corrected chi connectivity index (χ0v) is 21.2. The third-order valence-corrected chi connectivity index (χ3v) is 7.28. The summed E-state index contributed by atoms with van der Waals surface area (Å²) >= 11 is 0. The molecule has 0 aromatic heterocycles. The molecule has 0 aliphatic heterocycles. The third-order valence-electron chi connectivity index (χ3n) is 7.28. The summed E-state index contributed by atoms with van der Waals surface area (Å²) < 4.78 is 5.62. The van der Waals surface area contributed by atoms with Crippen LogP contribution in [0.3, 0.4) is 0 Å². The molecule has 34 heavy (non-hydrogen) atoms. The molecule has 0 fully saturated rings. The van der Waals surface area contributed by atoms with Gasteiger partial charge in [-0.15, -0.1) is 0 Å². The highest BCUT2D eigenvalue weighted by Gasteiger charge is 2.46. The topological polar surface area (TPSA) is 9.23 Å². The summed E-state index contributed by atoms with van der Waals surface area (Å²) in [5, 5.41) is 0. The minimum Gasteiger partial charge on any atom is -0.496 e. The van der Waals surface area contributed by atoms with Crippen molar-refractivity contribution in [3.63, 3.8) is 0 Å². The molecule has 4 aromatic carbocycles. The summed E-state index contributed by atoms with van der Waals surface area (Å²) in [7, 11) is 1.75. The second kappa shape index (κ2) is 8.17. The average Bonchev–Trinajstić information content (AvgIpc) is 3.11. The van der Waals surface area contributed by atoms with Crippen LogP contribution in [-0.2, 0) is 11.8 Å². The first-order valence-corrected chi connectivity index (χ1v) is 12.2. The Bertz CT molecular complexity index is 1320. The van der Waals surface area contributed by atoms with Gasteiger partial charge in [-0.25, -0.2) is 0 Å². The van der Waals surface area contributed by atoms with Crippen LogP contribution in [0, 0.1) is 19.3 Å². The van der Waals surface area contributed by atoms with Gasteiger partial charge in [0.25, 0.3) is 0 Å². The van der Waals surface area contributed by atoms with Crippen LogP contribution in [0.4, 0.5) is 0 Å². The van der Waals surface area contributed by atoms with E-state index >= 15 is 0 Å². The quantitative estimate of drug-likeness (QED) is 0.270. The molecule has 0 atom stereocenters. The second-order valence-corrected chi connectivity index (χ2v) is 10.9. The fourth-order valence-corrected chi connectivity index (χ4v) is 5.83. The number of rotatable bonds is 4. The maximum Gasteiger partial charge on any atom is 0.121 e. The molecule has 0 radical (unpaired) electrons. The Morgan fingerprint density at radius 1 is 0.676 bits per heavy atom. The first-order valence-electron chi connectivity index (χ1n) is 12.2. The van der Waals surface area contributed by atoms with E-state index in [0.717, 1.165) is 17.7 Å². The van der Waals surface area contributed by atoms with Gasteiger partial charge in [0.1, 0.15) is 5.75 Å². The van der Waals surface area contributed by atoms with E-state index in [9.17, 15) is 0 Å². The molecule has 0 spiro atoms. The van der Waals surface area contributed by atoms with Crippen molar-refractivity contribution in [3.8, 4) is 16.9 Å². The van der Waals surface area contributed by atoms with E-state index in [1.807, 2.05) is 0 Å². The molecule has 1 aliphatic rings. The van der Waals surface area contributed by atoms with Crippen molar-refractivity contribution in [2.45, 2.75) is 46.5 Å². The smallest absolute Gasteiger partial charge is 0.121 e. The first kappa shape index (κ1) is 22.5. The minimum absolute atomic E-state index is 0.254.